The maximum Gasteiger partial charge on any atom is 0.264 e. The molecule has 0 aliphatic rings. The van der Waals surface area contributed by atoms with Gasteiger partial charge >= 0.3 is 0 Å². The third-order valence-corrected chi connectivity index (χ3v) is 8.81. The Bertz CT molecular complexity index is 1400. The summed E-state index contributed by atoms with van der Waals surface area (Å²) in [4.78, 5) is 28.3. The number of anilines is 1. The number of benzene rings is 3. The van der Waals surface area contributed by atoms with E-state index in [0.717, 1.165) is 27.2 Å². The molecule has 3 aromatic carbocycles. The Hall–Kier alpha value is -3.08. The molecule has 0 fully saturated rings. The molecule has 3 rings (SSSR count). The molecule has 1 atom stereocenters. The quantitative estimate of drug-likeness (QED) is 0.242. The Morgan fingerprint density at radius 3 is 2.33 bits per heavy atom. The molecule has 0 bridgehead atoms. The molecule has 0 radical (unpaired) electrons. The number of methoxy groups -OCH3 is 1. The van der Waals surface area contributed by atoms with Gasteiger partial charge in [-0.1, -0.05) is 53.0 Å². The third kappa shape index (κ3) is 8.22. The predicted molar refractivity (Wildman–Crippen MR) is 161 cm³/mol. The fraction of sp³-hybridized carbons (Fsp3) is 0.310. The Labute approximate surface area is 249 Å². The molecule has 0 unspecified atom stereocenters. The van der Waals surface area contributed by atoms with Crippen LogP contribution in [-0.2, 0) is 26.2 Å². The van der Waals surface area contributed by atoms with Gasteiger partial charge in [0.1, 0.15) is 18.3 Å². The first-order valence-electron chi connectivity index (χ1n) is 12.8. The number of amides is 2. The topological polar surface area (TPSA) is 96.0 Å². The Morgan fingerprint density at radius 1 is 1.05 bits per heavy atom. The minimum atomic E-state index is -4.18. The first kappa shape index (κ1) is 31.4. The molecule has 11 heteroatoms. The number of nitrogens with one attached hydrogen (secondary N) is 1. The van der Waals surface area contributed by atoms with Crippen LogP contribution in [0.1, 0.15) is 32.3 Å². The summed E-state index contributed by atoms with van der Waals surface area (Å²) in [6.07, 6.45) is 1.72. The molecule has 8 nitrogen and oxygen atoms in total. The summed E-state index contributed by atoms with van der Waals surface area (Å²) in [5.41, 5.74) is 1.04. The largest absolute Gasteiger partial charge is 0.497 e. The highest BCUT2D eigenvalue weighted by molar-refractivity contribution is 9.10. The molecule has 0 aliphatic carbocycles. The van der Waals surface area contributed by atoms with Crippen molar-refractivity contribution >= 4 is 55.1 Å². The lowest BCUT2D eigenvalue weighted by Gasteiger charge is -2.32. The van der Waals surface area contributed by atoms with Gasteiger partial charge in [-0.15, -0.1) is 0 Å². The first-order chi connectivity index (χ1) is 19.1. The zero-order valence-corrected chi connectivity index (χ0v) is 25.8. The van der Waals surface area contributed by atoms with E-state index >= 15 is 0 Å². The molecule has 0 saturated heterocycles. The highest BCUT2D eigenvalue weighted by atomic mass is 79.9. The van der Waals surface area contributed by atoms with Crippen molar-refractivity contribution in [3.63, 3.8) is 0 Å². The number of halogens is 2. The van der Waals surface area contributed by atoms with Crippen molar-refractivity contribution in [2.45, 2.75) is 44.2 Å². The van der Waals surface area contributed by atoms with Gasteiger partial charge in [-0.2, -0.15) is 0 Å². The molecular weight excluding hydrogens is 618 g/mol. The van der Waals surface area contributed by atoms with Crippen LogP contribution < -0.4 is 14.4 Å². The summed E-state index contributed by atoms with van der Waals surface area (Å²) in [6.45, 7) is 3.73. The molecule has 0 spiro atoms. The highest BCUT2D eigenvalue weighted by Gasteiger charge is 2.32. The fourth-order valence-corrected chi connectivity index (χ4v) is 5.95. The SMILES string of the molecule is CCCCNC(=O)[C@@H](C)N(Cc1cccc(Br)c1)C(=O)CN(c1ccc(Cl)cc1)S(=O)(=O)c1ccc(OC)cc1. The smallest absolute Gasteiger partial charge is 0.264 e. The van der Waals surface area contributed by atoms with Gasteiger partial charge in [0.05, 0.1) is 17.7 Å². The Balaban J connectivity index is 2.00. The van der Waals surface area contributed by atoms with Gasteiger partial charge in [0.15, 0.2) is 0 Å². The van der Waals surface area contributed by atoms with Gasteiger partial charge in [0, 0.05) is 22.6 Å². The lowest BCUT2D eigenvalue weighted by atomic mass is 10.1. The molecule has 0 aliphatic heterocycles. The van der Waals surface area contributed by atoms with E-state index in [-0.39, 0.29) is 23.0 Å². The van der Waals surface area contributed by atoms with Gasteiger partial charge in [0.2, 0.25) is 11.8 Å². The van der Waals surface area contributed by atoms with Crippen LogP contribution in [0.15, 0.2) is 82.2 Å². The predicted octanol–water partition coefficient (Wildman–Crippen LogP) is 5.64. The first-order valence-corrected chi connectivity index (χ1v) is 15.4. The highest BCUT2D eigenvalue weighted by Crippen LogP contribution is 2.27. The molecule has 0 saturated carbocycles. The maximum absolute atomic E-state index is 13.9. The van der Waals surface area contributed by atoms with E-state index in [1.54, 1.807) is 19.1 Å². The molecule has 214 valence electrons. The number of hydrogen-bond acceptors (Lipinski definition) is 5. The monoisotopic (exact) mass is 649 g/mol. The standard InChI is InChI=1S/C29H33BrClN3O5S/c1-4-5-17-32-29(36)21(2)33(19-22-7-6-8-23(30)18-22)28(35)20-34(25-11-9-24(31)10-12-25)40(37,38)27-15-13-26(39-3)14-16-27/h6-16,18,21H,4-5,17,19-20H2,1-3H3,(H,32,36)/t21-/m1/s1. The third-order valence-electron chi connectivity index (χ3n) is 6.28. The second kappa shape index (κ2) is 14.5. The van der Waals surface area contributed by atoms with Gasteiger partial charge in [-0.25, -0.2) is 8.42 Å². The number of carbonyl (C=O) groups is 2. The summed E-state index contributed by atoms with van der Waals surface area (Å²) >= 11 is 9.51. The van der Waals surface area contributed by atoms with Crippen molar-refractivity contribution in [1.29, 1.82) is 0 Å². The van der Waals surface area contributed by atoms with Crippen LogP contribution in [0.2, 0.25) is 5.02 Å². The second-order valence-corrected chi connectivity index (χ2v) is 12.4. The summed E-state index contributed by atoms with van der Waals surface area (Å²) in [7, 11) is -2.70. The average molecular weight is 651 g/mol. The molecule has 2 amide bonds. The zero-order valence-electron chi connectivity index (χ0n) is 22.6. The molecule has 3 aromatic rings. The Kier molecular flexibility index (Phi) is 11.4. The number of rotatable bonds is 13. The van der Waals surface area contributed by atoms with Gasteiger partial charge < -0.3 is 15.0 Å². The van der Waals surface area contributed by atoms with Crippen molar-refractivity contribution in [2.24, 2.45) is 0 Å². The lowest BCUT2D eigenvalue weighted by molar-refractivity contribution is -0.139. The summed E-state index contributed by atoms with van der Waals surface area (Å²) in [5.74, 6) is -0.353. The van der Waals surface area contributed by atoms with Gasteiger partial charge in [-0.05, 0) is 79.6 Å². The van der Waals surface area contributed by atoms with Crippen LogP contribution >= 0.6 is 27.5 Å². The van der Waals surface area contributed by atoms with Crippen molar-refractivity contribution in [3.8, 4) is 5.75 Å². The van der Waals surface area contributed by atoms with Crippen LogP contribution in [0.3, 0.4) is 0 Å². The Morgan fingerprint density at radius 2 is 1.73 bits per heavy atom. The van der Waals surface area contributed by atoms with E-state index in [2.05, 4.69) is 21.2 Å². The van der Waals surface area contributed by atoms with E-state index in [9.17, 15) is 18.0 Å². The minimum Gasteiger partial charge on any atom is -0.497 e. The van der Waals surface area contributed by atoms with Gasteiger partial charge in [-0.3, -0.25) is 13.9 Å². The van der Waals surface area contributed by atoms with Crippen molar-refractivity contribution < 1.29 is 22.7 Å². The van der Waals surface area contributed by atoms with Crippen molar-refractivity contribution in [3.05, 3.63) is 87.9 Å². The number of unbranched alkanes of at least 4 members (excludes halogenated alkanes) is 1. The maximum atomic E-state index is 13.9. The summed E-state index contributed by atoms with van der Waals surface area (Å²) in [6, 6.07) is 18.7. The fourth-order valence-electron chi connectivity index (χ4n) is 3.96. The van der Waals surface area contributed by atoms with E-state index in [0.29, 0.717) is 17.3 Å². The normalized spacial score (nSPS) is 11.9. The van der Waals surface area contributed by atoms with E-state index < -0.39 is 28.5 Å². The van der Waals surface area contributed by atoms with Gasteiger partial charge in [0.25, 0.3) is 10.0 Å². The van der Waals surface area contributed by atoms with E-state index in [1.807, 2.05) is 31.2 Å². The zero-order chi connectivity index (χ0) is 29.3. The summed E-state index contributed by atoms with van der Waals surface area (Å²) in [5, 5.41) is 3.30. The van der Waals surface area contributed by atoms with Crippen molar-refractivity contribution in [1.82, 2.24) is 10.2 Å². The van der Waals surface area contributed by atoms with E-state index in [1.165, 1.54) is 48.4 Å². The van der Waals surface area contributed by atoms with E-state index in [4.69, 9.17) is 16.3 Å². The second-order valence-electron chi connectivity index (χ2n) is 9.14. The molecule has 1 N–H and O–H groups in total. The van der Waals surface area contributed by atoms with Crippen LogP contribution in [0.25, 0.3) is 0 Å². The van der Waals surface area contributed by atoms with Crippen LogP contribution in [-0.4, -0.2) is 51.4 Å². The summed E-state index contributed by atoms with van der Waals surface area (Å²) < 4.78 is 34.7. The number of hydrogen-bond donors (Lipinski definition) is 1. The molecule has 0 aromatic heterocycles. The van der Waals surface area contributed by atoms with Crippen molar-refractivity contribution in [2.75, 3.05) is 24.5 Å². The average Bonchev–Trinajstić information content (AvgIpc) is 2.94. The number of carbonyl (C=O) groups excluding carboxylic acids is 2. The number of ether oxygens (including phenoxy) is 1. The number of sulfonamides is 1. The van der Waals surface area contributed by atoms with Crippen LogP contribution in [0, 0.1) is 0 Å². The van der Waals surface area contributed by atoms with Crippen LogP contribution in [0.4, 0.5) is 5.69 Å². The molecule has 0 heterocycles. The van der Waals surface area contributed by atoms with Crippen LogP contribution in [0.5, 0.6) is 5.75 Å². The minimum absolute atomic E-state index is 0.0139. The number of nitrogens with zero attached hydrogens (tertiary/aromatic N) is 2. The lowest BCUT2D eigenvalue weighted by Crippen LogP contribution is -2.51. The molecular formula is C29H33BrClN3O5S. The molecule has 40 heavy (non-hydrogen) atoms.